The molecular formula is C43H32O5P2. The first-order valence-corrected chi connectivity index (χ1v) is 18.8. The van der Waals surface area contributed by atoms with Crippen LogP contribution in [0.15, 0.2) is 133 Å². The Morgan fingerprint density at radius 3 is 0.960 bits per heavy atom. The van der Waals surface area contributed by atoms with Gasteiger partial charge in [-0.05, 0) is 37.1 Å². The van der Waals surface area contributed by atoms with Gasteiger partial charge in [-0.3, -0.25) is 19.2 Å². The highest BCUT2D eigenvalue weighted by molar-refractivity contribution is 7.80. The van der Waals surface area contributed by atoms with E-state index in [1.165, 1.54) is 0 Å². The van der Waals surface area contributed by atoms with Crippen LogP contribution in [0.4, 0.5) is 0 Å². The molecule has 244 valence electrons. The second kappa shape index (κ2) is 13.9. The summed E-state index contributed by atoms with van der Waals surface area (Å²) in [4.78, 5) is 46.2. The fourth-order valence-corrected chi connectivity index (χ4v) is 11.2. The van der Waals surface area contributed by atoms with Gasteiger partial charge in [-0.15, -0.1) is 0 Å². The molecule has 1 heterocycles. The van der Waals surface area contributed by atoms with E-state index in [1.807, 2.05) is 97.1 Å². The van der Waals surface area contributed by atoms with Gasteiger partial charge in [-0.1, -0.05) is 147 Å². The van der Waals surface area contributed by atoms with E-state index in [0.29, 0.717) is 22.3 Å². The van der Waals surface area contributed by atoms with E-state index < -0.39 is 21.3 Å². The summed E-state index contributed by atoms with van der Waals surface area (Å²) in [5.74, 6) is 1.59. The van der Waals surface area contributed by atoms with Crippen molar-refractivity contribution in [2.45, 2.75) is 19.3 Å². The molecule has 0 aliphatic carbocycles. The van der Waals surface area contributed by atoms with Crippen molar-refractivity contribution in [3.63, 3.8) is 0 Å². The lowest BCUT2D eigenvalue weighted by molar-refractivity contribution is 0.111. The molecule has 5 nitrogen and oxygen atoms in total. The van der Waals surface area contributed by atoms with Crippen LogP contribution in [0.1, 0.15) is 66.4 Å². The molecular weight excluding hydrogens is 658 g/mol. The van der Waals surface area contributed by atoms with Gasteiger partial charge < -0.3 is 4.74 Å². The molecule has 0 saturated carbocycles. The van der Waals surface area contributed by atoms with Crippen molar-refractivity contribution >= 4 is 72.8 Å². The van der Waals surface area contributed by atoms with Crippen LogP contribution in [0.3, 0.4) is 0 Å². The van der Waals surface area contributed by atoms with E-state index in [9.17, 15) is 19.2 Å². The van der Waals surface area contributed by atoms with Crippen LogP contribution in [-0.2, 0) is 5.41 Å². The third kappa shape index (κ3) is 6.05. The molecule has 6 aromatic carbocycles. The van der Waals surface area contributed by atoms with Gasteiger partial charge in [0.1, 0.15) is 36.6 Å². The summed E-state index contributed by atoms with van der Waals surface area (Å²) in [5, 5.41) is 6.24. The van der Waals surface area contributed by atoms with Crippen LogP contribution < -0.4 is 36.6 Å². The molecule has 0 aromatic heterocycles. The van der Waals surface area contributed by atoms with E-state index in [0.717, 1.165) is 79.6 Å². The Balaban J connectivity index is 1.44. The van der Waals surface area contributed by atoms with Crippen molar-refractivity contribution in [3.05, 3.63) is 167 Å². The summed E-state index contributed by atoms with van der Waals surface area (Å²) in [7, 11) is -2.34. The van der Waals surface area contributed by atoms with Gasteiger partial charge >= 0.3 is 0 Å². The van der Waals surface area contributed by atoms with Gasteiger partial charge in [0.15, 0.2) is 0 Å². The number of benzene rings is 6. The summed E-state index contributed by atoms with van der Waals surface area (Å²) in [6, 6.07) is 43.4. The van der Waals surface area contributed by atoms with Crippen molar-refractivity contribution in [3.8, 4) is 11.5 Å². The van der Waals surface area contributed by atoms with Crippen molar-refractivity contribution in [2.75, 3.05) is 0 Å². The molecule has 0 unspecified atom stereocenters. The fraction of sp³-hybridized carbons (Fsp3) is 0.0698. The smallest absolute Gasteiger partial charge is 0.150 e. The molecule has 0 spiro atoms. The van der Waals surface area contributed by atoms with E-state index in [2.05, 4.69) is 50.2 Å². The van der Waals surface area contributed by atoms with Gasteiger partial charge in [0.25, 0.3) is 0 Å². The predicted molar refractivity (Wildman–Crippen MR) is 204 cm³/mol. The van der Waals surface area contributed by atoms with Gasteiger partial charge in [-0.2, -0.15) is 0 Å². The number of rotatable bonds is 10. The van der Waals surface area contributed by atoms with E-state index in [1.54, 1.807) is 0 Å². The highest BCUT2D eigenvalue weighted by atomic mass is 31.1. The van der Waals surface area contributed by atoms with Crippen molar-refractivity contribution in [1.82, 2.24) is 0 Å². The second-order valence-corrected chi connectivity index (χ2v) is 16.9. The molecule has 1 aliphatic rings. The van der Waals surface area contributed by atoms with Crippen LogP contribution in [0.2, 0.25) is 0 Å². The Morgan fingerprint density at radius 2 is 0.700 bits per heavy atom. The summed E-state index contributed by atoms with van der Waals surface area (Å²) < 4.78 is 7.21. The maximum Gasteiger partial charge on any atom is 0.150 e. The lowest BCUT2D eigenvalue weighted by Crippen LogP contribution is -2.33. The zero-order valence-corrected chi connectivity index (χ0v) is 29.2. The van der Waals surface area contributed by atoms with Gasteiger partial charge in [-0.25, -0.2) is 0 Å². The SMILES string of the molecule is CC1(C)c2cccc(P(c3ccc(C=O)cc3)c3ccc(C=O)cc3)c2Oc2c(P(c3ccc(C=O)cc3)c3ccc(C=O)cc3)cccc21. The van der Waals surface area contributed by atoms with Crippen molar-refractivity contribution < 1.29 is 23.9 Å². The normalized spacial score (nSPS) is 12.8. The molecule has 0 N–H and O–H groups in total. The largest absolute Gasteiger partial charge is 0.455 e. The topological polar surface area (TPSA) is 77.5 Å². The Kier molecular flexibility index (Phi) is 9.21. The predicted octanol–water partition coefficient (Wildman–Crippen LogP) is 6.88. The first-order chi connectivity index (χ1) is 24.4. The van der Waals surface area contributed by atoms with Crippen LogP contribution in [0, 0.1) is 0 Å². The molecule has 0 saturated heterocycles. The highest BCUT2D eigenvalue weighted by Gasteiger charge is 2.39. The minimum atomic E-state index is -1.17. The monoisotopic (exact) mass is 690 g/mol. The van der Waals surface area contributed by atoms with Gasteiger partial charge in [0.05, 0.1) is 0 Å². The fourth-order valence-electron chi connectivity index (χ4n) is 6.51. The van der Waals surface area contributed by atoms with Crippen molar-refractivity contribution in [2.24, 2.45) is 0 Å². The Hall–Kier alpha value is -5.34. The second-order valence-electron chi connectivity index (χ2n) is 12.5. The Labute approximate surface area is 293 Å². The number of carbonyl (C=O) groups is 4. The number of aldehydes is 4. The molecule has 6 aromatic rings. The van der Waals surface area contributed by atoms with Gasteiger partial charge in [0.2, 0.25) is 0 Å². The molecule has 50 heavy (non-hydrogen) atoms. The summed E-state index contributed by atoms with van der Waals surface area (Å²) in [5.41, 5.74) is 4.10. The highest BCUT2D eigenvalue weighted by Crippen LogP contribution is 2.52. The molecule has 0 fully saturated rings. The first kappa shape index (κ1) is 33.2. The first-order valence-electron chi connectivity index (χ1n) is 16.1. The third-order valence-electron chi connectivity index (χ3n) is 9.17. The van der Waals surface area contributed by atoms with Crippen LogP contribution >= 0.6 is 15.8 Å². The van der Waals surface area contributed by atoms with E-state index >= 15 is 0 Å². The molecule has 0 amide bonds. The number of fused-ring (bicyclic) bond motifs is 2. The lowest BCUT2D eigenvalue weighted by Gasteiger charge is -2.38. The number of carbonyl (C=O) groups excluding carboxylic acids is 4. The summed E-state index contributed by atoms with van der Waals surface area (Å²) >= 11 is 0. The van der Waals surface area contributed by atoms with Gasteiger partial charge in [0, 0.05) is 49.4 Å². The molecule has 0 radical (unpaired) electrons. The third-order valence-corrected chi connectivity index (χ3v) is 14.1. The van der Waals surface area contributed by atoms with Crippen molar-refractivity contribution in [1.29, 1.82) is 0 Å². The summed E-state index contributed by atoms with van der Waals surface area (Å²) in [6.07, 6.45) is 3.38. The van der Waals surface area contributed by atoms with Crippen LogP contribution in [0.25, 0.3) is 0 Å². The average Bonchev–Trinajstić information content (AvgIpc) is 3.16. The van der Waals surface area contributed by atoms with Crippen LogP contribution in [-0.4, -0.2) is 25.1 Å². The number of hydrogen-bond acceptors (Lipinski definition) is 5. The van der Waals surface area contributed by atoms with E-state index in [4.69, 9.17) is 4.74 Å². The Bertz CT molecular complexity index is 1960. The molecule has 7 heteroatoms. The number of para-hydroxylation sites is 2. The zero-order valence-electron chi connectivity index (χ0n) is 27.4. The molecule has 0 atom stereocenters. The number of hydrogen-bond donors (Lipinski definition) is 0. The minimum absolute atomic E-state index is 0.428. The number of ether oxygens (including phenoxy) is 1. The van der Waals surface area contributed by atoms with Crippen LogP contribution in [0.5, 0.6) is 11.5 Å². The molecule has 1 aliphatic heterocycles. The maximum absolute atomic E-state index is 11.6. The molecule has 0 bridgehead atoms. The zero-order chi connectivity index (χ0) is 34.8. The summed E-state index contributed by atoms with van der Waals surface area (Å²) in [6.45, 7) is 4.45. The minimum Gasteiger partial charge on any atom is -0.455 e. The standard InChI is InChI=1S/C43H32O5P2/c1-43(2)37-5-3-7-39(49(33-17-9-29(25-44)10-18-33)34-19-11-30(26-45)12-20-34)41(37)48-42-38(43)6-4-8-40(42)50(35-21-13-31(27-46)14-22-35)36-23-15-32(28-47)16-24-36/h3-28H,1-2H3. The average molecular weight is 691 g/mol. The maximum atomic E-state index is 11.6. The Morgan fingerprint density at radius 1 is 0.420 bits per heavy atom. The quantitative estimate of drug-likeness (QED) is 0.116. The van der Waals surface area contributed by atoms with E-state index in [-0.39, 0.29) is 0 Å². The lowest BCUT2D eigenvalue weighted by atomic mass is 9.76. The molecule has 7 rings (SSSR count).